The van der Waals surface area contributed by atoms with Crippen LogP contribution in [0.15, 0.2) is 36.9 Å². The highest BCUT2D eigenvalue weighted by Crippen LogP contribution is 2.41. The minimum absolute atomic E-state index is 0.110. The number of carbonyl (C=O) groups is 2. The number of hydrogen-bond acceptors (Lipinski definition) is 5. The van der Waals surface area contributed by atoms with E-state index in [2.05, 4.69) is 44.0 Å². The van der Waals surface area contributed by atoms with Crippen molar-refractivity contribution in [3.05, 3.63) is 48.0 Å². The standard InChI is InChI=1S/C31H47N5O4/c1-5-6-14-34(15-7-8-18-36(2,3)4)29(37)22-35-21-26(24-9-10-28-25(20-24)12-19-40-28)30(31(38)39)27(35)11-16-33-17-13-32-23-33/h9-10,13,17,20,23,26-27,30H,5-8,11-12,14-16,18-19,21-22H2,1-4H3/p+1/t26-,27+,30-/m1/s1. The van der Waals surface area contributed by atoms with E-state index in [4.69, 9.17) is 4.74 Å². The number of nitrogens with zero attached hydrogens (tertiary/aromatic N) is 5. The van der Waals surface area contributed by atoms with Crippen LogP contribution in [-0.4, -0.2) is 107 Å². The van der Waals surface area contributed by atoms with Crippen LogP contribution in [0.25, 0.3) is 0 Å². The van der Waals surface area contributed by atoms with Gasteiger partial charge in [-0.2, -0.15) is 0 Å². The van der Waals surface area contributed by atoms with Crippen molar-refractivity contribution in [1.82, 2.24) is 19.4 Å². The number of fused-ring (bicyclic) bond motifs is 1. The number of aromatic nitrogens is 2. The van der Waals surface area contributed by atoms with Gasteiger partial charge in [-0.1, -0.05) is 25.5 Å². The first kappa shape index (κ1) is 30.1. The maximum atomic E-state index is 13.7. The van der Waals surface area contributed by atoms with E-state index < -0.39 is 11.9 Å². The molecule has 0 spiro atoms. The number of amides is 1. The van der Waals surface area contributed by atoms with Crippen molar-refractivity contribution in [2.45, 2.75) is 64.0 Å². The van der Waals surface area contributed by atoms with Gasteiger partial charge in [0, 0.05) is 57.0 Å². The van der Waals surface area contributed by atoms with Crippen LogP contribution < -0.4 is 4.74 Å². The zero-order valence-corrected chi connectivity index (χ0v) is 24.8. The Morgan fingerprint density at radius 1 is 1.18 bits per heavy atom. The van der Waals surface area contributed by atoms with E-state index in [9.17, 15) is 14.7 Å². The van der Waals surface area contributed by atoms with Gasteiger partial charge in [0.2, 0.25) is 5.91 Å². The zero-order chi connectivity index (χ0) is 28.7. The molecule has 1 saturated heterocycles. The van der Waals surface area contributed by atoms with Crippen molar-refractivity contribution in [3.63, 3.8) is 0 Å². The van der Waals surface area contributed by atoms with Gasteiger partial charge >= 0.3 is 5.97 Å². The molecule has 0 bridgehead atoms. The fourth-order valence-corrected chi connectivity index (χ4v) is 6.20. The summed E-state index contributed by atoms with van der Waals surface area (Å²) in [6, 6.07) is 5.88. The lowest BCUT2D eigenvalue weighted by Gasteiger charge is -2.30. The molecule has 2 aromatic rings. The highest BCUT2D eigenvalue weighted by atomic mass is 16.5. The van der Waals surface area contributed by atoms with Crippen LogP contribution in [0.1, 0.15) is 56.1 Å². The SMILES string of the molecule is CCCCN(CCCC[N+](C)(C)C)C(=O)CN1C[C@H](c2ccc3c(c2)CCO3)[C@@H](C(=O)O)[C@@H]1CCn1ccnc1. The van der Waals surface area contributed by atoms with Crippen LogP contribution >= 0.6 is 0 Å². The summed E-state index contributed by atoms with van der Waals surface area (Å²) in [5, 5.41) is 10.5. The van der Waals surface area contributed by atoms with Crippen molar-refractivity contribution >= 4 is 11.9 Å². The van der Waals surface area contributed by atoms with Gasteiger partial charge < -0.3 is 23.8 Å². The molecular weight excluding hydrogens is 506 g/mol. The molecule has 1 aromatic heterocycles. The van der Waals surface area contributed by atoms with E-state index in [-0.39, 0.29) is 24.4 Å². The monoisotopic (exact) mass is 554 g/mol. The Kier molecular flexibility index (Phi) is 10.2. The van der Waals surface area contributed by atoms with E-state index >= 15 is 0 Å². The number of aliphatic carboxylic acids is 1. The Balaban J connectivity index is 1.52. The number of likely N-dealkylation sites (tertiary alicyclic amines) is 1. The van der Waals surface area contributed by atoms with E-state index in [1.165, 1.54) is 0 Å². The molecule has 1 amide bonds. The van der Waals surface area contributed by atoms with Gasteiger partial charge in [-0.05, 0) is 42.9 Å². The third-order valence-electron chi connectivity index (χ3n) is 8.40. The van der Waals surface area contributed by atoms with Crippen LogP contribution in [0, 0.1) is 5.92 Å². The van der Waals surface area contributed by atoms with Crippen LogP contribution in [-0.2, 0) is 22.6 Å². The first-order valence-corrected chi connectivity index (χ1v) is 14.9. The number of unbranched alkanes of at least 4 members (excludes halogenated alkanes) is 2. The highest BCUT2D eigenvalue weighted by molar-refractivity contribution is 5.79. The molecule has 40 heavy (non-hydrogen) atoms. The molecule has 1 fully saturated rings. The molecule has 3 atom stereocenters. The largest absolute Gasteiger partial charge is 0.493 e. The Morgan fingerprint density at radius 2 is 1.98 bits per heavy atom. The second-order valence-electron chi connectivity index (χ2n) is 12.5. The Bertz CT molecular complexity index is 1110. The van der Waals surface area contributed by atoms with E-state index in [1.807, 2.05) is 27.8 Å². The summed E-state index contributed by atoms with van der Waals surface area (Å²) in [5.74, 6) is -0.564. The van der Waals surface area contributed by atoms with Crippen molar-refractivity contribution in [2.75, 3.05) is 60.5 Å². The number of benzene rings is 1. The predicted molar refractivity (Wildman–Crippen MR) is 155 cm³/mol. The maximum absolute atomic E-state index is 13.7. The summed E-state index contributed by atoms with van der Waals surface area (Å²) in [6.07, 6.45) is 11.0. The number of ether oxygens (including phenoxy) is 1. The smallest absolute Gasteiger partial charge is 0.308 e. The lowest BCUT2D eigenvalue weighted by atomic mass is 9.83. The first-order chi connectivity index (χ1) is 19.2. The van der Waals surface area contributed by atoms with Crippen molar-refractivity contribution in [2.24, 2.45) is 5.92 Å². The number of carboxylic acids is 1. The summed E-state index contributed by atoms with van der Waals surface area (Å²) in [6.45, 7) is 6.87. The minimum Gasteiger partial charge on any atom is -0.493 e. The maximum Gasteiger partial charge on any atom is 0.308 e. The number of hydrogen-bond donors (Lipinski definition) is 1. The van der Waals surface area contributed by atoms with E-state index in [0.717, 1.165) is 73.1 Å². The Labute approximate surface area is 239 Å². The van der Waals surface area contributed by atoms with Crippen molar-refractivity contribution in [3.8, 4) is 5.75 Å². The minimum atomic E-state index is -0.796. The number of aryl methyl sites for hydroxylation is 1. The fourth-order valence-electron chi connectivity index (χ4n) is 6.20. The molecule has 0 saturated carbocycles. The number of imidazole rings is 1. The molecular formula is C31H48N5O4+. The van der Waals surface area contributed by atoms with Gasteiger partial charge in [0.15, 0.2) is 0 Å². The van der Waals surface area contributed by atoms with Gasteiger partial charge in [-0.25, -0.2) is 4.98 Å². The third kappa shape index (κ3) is 7.85. The average molecular weight is 555 g/mol. The quantitative estimate of drug-likeness (QED) is 0.268. The lowest BCUT2D eigenvalue weighted by Crippen LogP contribution is -2.45. The molecule has 9 heteroatoms. The van der Waals surface area contributed by atoms with Crippen molar-refractivity contribution < 1.29 is 23.9 Å². The third-order valence-corrected chi connectivity index (χ3v) is 8.40. The lowest BCUT2D eigenvalue weighted by molar-refractivity contribution is -0.870. The Hall–Kier alpha value is -2.91. The molecule has 2 aliphatic heterocycles. The van der Waals surface area contributed by atoms with E-state index in [1.54, 1.807) is 12.5 Å². The second kappa shape index (κ2) is 13.6. The van der Waals surface area contributed by atoms with Crippen LogP contribution in [0.3, 0.4) is 0 Å². The molecule has 220 valence electrons. The normalized spacial score (nSPS) is 20.9. The topological polar surface area (TPSA) is 87.9 Å². The number of quaternary nitrogens is 1. The fraction of sp³-hybridized carbons (Fsp3) is 0.645. The van der Waals surface area contributed by atoms with Gasteiger partial charge in [-0.15, -0.1) is 0 Å². The molecule has 0 unspecified atom stereocenters. The van der Waals surface area contributed by atoms with Gasteiger partial charge in [0.05, 0.1) is 53.1 Å². The van der Waals surface area contributed by atoms with Crippen molar-refractivity contribution in [1.29, 1.82) is 0 Å². The first-order valence-electron chi connectivity index (χ1n) is 14.9. The van der Waals surface area contributed by atoms with Crippen LogP contribution in [0.4, 0.5) is 0 Å². The van der Waals surface area contributed by atoms with Crippen LogP contribution in [0.2, 0.25) is 0 Å². The predicted octanol–water partition coefficient (Wildman–Crippen LogP) is 3.49. The molecule has 0 radical (unpaired) electrons. The van der Waals surface area contributed by atoms with Crippen LogP contribution in [0.5, 0.6) is 5.75 Å². The number of rotatable bonds is 15. The summed E-state index contributed by atoms with van der Waals surface area (Å²) in [7, 11) is 6.59. The van der Waals surface area contributed by atoms with Gasteiger partial charge in [-0.3, -0.25) is 14.5 Å². The summed E-state index contributed by atoms with van der Waals surface area (Å²) >= 11 is 0. The zero-order valence-electron chi connectivity index (χ0n) is 24.8. The Morgan fingerprint density at radius 3 is 2.67 bits per heavy atom. The highest BCUT2D eigenvalue weighted by Gasteiger charge is 2.47. The van der Waals surface area contributed by atoms with Gasteiger partial charge in [0.25, 0.3) is 0 Å². The summed E-state index contributed by atoms with van der Waals surface area (Å²) in [4.78, 5) is 34.8. The number of carbonyl (C=O) groups excluding carboxylic acids is 1. The average Bonchev–Trinajstić information content (AvgIpc) is 3.66. The summed E-state index contributed by atoms with van der Waals surface area (Å²) < 4.78 is 8.60. The van der Waals surface area contributed by atoms with E-state index in [0.29, 0.717) is 26.1 Å². The molecule has 1 N–H and O–H groups in total. The molecule has 9 nitrogen and oxygen atoms in total. The molecule has 3 heterocycles. The molecule has 2 aliphatic rings. The molecule has 0 aliphatic carbocycles. The second-order valence-corrected chi connectivity index (χ2v) is 12.5. The summed E-state index contributed by atoms with van der Waals surface area (Å²) in [5.41, 5.74) is 2.17. The molecule has 4 rings (SSSR count). The molecule has 1 aromatic carbocycles. The number of carboxylic acid groups (broad SMARTS) is 1. The van der Waals surface area contributed by atoms with Gasteiger partial charge in [0.1, 0.15) is 5.75 Å².